The quantitative estimate of drug-likeness (QED) is 0.812. The Balaban J connectivity index is 1.88. The monoisotopic (exact) mass is 377 g/mol. The van der Waals surface area contributed by atoms with Crippen molar-refractivity contribution >= 4 is 22.0 Å². The molecule has 1 aliphatic rings. The van der Waals surface area contributed by atoms with Gasteiger partial charge in [-0.25, -0.2) is 9.18 Å². The molecule has 2 heterocycles. The standard InChI is InChI=1S/C14H21BrFN3O3/c1-14(2,3)22-13(20)19-6-10(16)11(7-19)21-8-9-5-17-18(4)12(9)15/h5,10-11H,6-8H2,1-4H3/t10-,11+/m0/s1. The van der Waals surface area contributed by atoms with Crippen LogP contribution in [0.2, 0.25) is 0 Å². The minimum absolute atomic E-state index is 0.00616. The third-order valence-corrected chi connectivity index (χ3v) is 4.26. The van der Waals surface area contributed by atoms with Gasteiger partial charge in [-0.2, -0.15) is 5.10 Å². The molecular formula is C14H21BrFN3O3. The Morgan fingerprint density at radius 1 is 1.50 bits per heavy atom. The van der Waals surface area contributed by atoms with E-state index in [1.807, 2.05) is 0 Å². The number of aromatic nitrogens is 2. The van der Waals surface area contributed by atoms with E-state index in [0.29, 0.717) is 0 Å². The Labute approximate surface area is 137 Å². The second kappa shape index (κ2) is 6.54. The molecule has 1 amide bonds. The molecular weight excluding hydrogens is 357 g/mol. The van der Waals surface area contributed by atoms with Crippen LogP contribution in [-0.2, 0) is 23.1 Å². The van der Waals surface area contributed by atoms with Gasteiger partial charge in [0.1, 0.15) is 22.5 Å². The average molecular weight is 378 g/mol. The molecule has 0 aliphatic carbocycles. The molecule has 0 spiro atoms. The molecule has 1 aliphatic heterocycles. The van der Waals surface area contributed by atoms with Gasteiger partial charge in [-0.3, -0.25) is 4.68 Å². The van der Waals surface area contributed by atoms with Crippen molar-refractivity contribution < 1.29 is 18.7 Å². The van der Waals surface area contributed by atoms with Crippen LogP contribution in [-0.4, -0.2) is 51.7 Å². The van der Waals surface area contributed by atoms with Gasteiger partial charge >= 0.3 is 6.09 Å². The molecule has 2 atom stereocenters. The largest absolute Gasteiger partial charge is 0.444 e. The number of ether oxygens (including phenoxy) is 2. The van der Waals surface area contributed by atoms with Crippen LogP contribution in [0, 0.1) is 0 Å². The Morgan fingerprint density at radius 2 is 2.18 bits per heavy atom. The summed E-state index contributed by atoms with van der Waals surface area (Å²) < 4.78 is 27.3. The molecule has 0 bridgehead atoms. The fourth-order valence-electron chi connectivity index (χ4n) is 2.13. The number of hydrogen-bond donors (Lipinski definition) is 0. The summed E-state index contributed by atoms with van der Waals surface area (Å²) in [5, 5.41) is 4.08. The lowest BCUT2D eigenvalue weighted by Gasteiger charge is -2.24. The van der Waals surface area contributed by atoms with Crippen LogP contribution in [0.4, 0.5) is 9.18 Å². The summed E-state index contributed by atoms with van der Waals surface area (Å²) in [6.45, 7) is 5.76. The van der Waals surface area contributed by atoms with E-state index < -0.39 is 24.0 Å². The highest BCUT2D eigenvalue weighted by Gasteiger charge is 2.38. The second-order valence-corrected chi connectivity index (χ2v) is 7.09. The first-order chi connectivity index (χ1) is 10.2. The summed E-state index contributed by atoms with van der Waals surface area (Å²) in [4.78, 5) is 13.3. The predicted octanol–water partition coefficient (Wildman–Crippen LogP) is 2.66. The summed E-state index contributed by atoms with van der Waals surface area (Å²) in [5.74, 6) is 0. The zero-order valence-corrected chi connectivity index (χ0v) is 14.8. The van der Waals surface area contributed by atoms with E-state index in [1.54, 1.807) is 38.7 Å². The van der Waals surface area contributed by atoms with E-state index in [9.17, 15) is 9.18 Å². The molecule has 0 saturated carbocycles. The van der Waals surface area contributed by atoms with Crippen molar-refractivity contribution in [1.82, 2.24) is 14.7 Å². The molecule has 0 aromatic carbocycles. The lowest BCUT2D eigenvalue weighted by Crippen LogP contribution is -2.36. The normalized spacial score (nSPS) is 22.2. The van der Waals surface area contributed by atoms with E-state index in [1.165, 1.54) is 4.90 Å². The van der Waals surface area contributed by atoms with E-state index in [2.05, 4.69) is 21.0 Å². The number of carbonyl (C=O) groups is 1. The van der Waals surface area contributed by atoms with Crippen LogP contribution in [0.15, 0.2) is 10.8 Å². The van der Waals surface area contributed by atoms with Crippen molar-refractivity contribution in [2.24, 2.45) is 7.05 Å². The maximum absolute atomic E-state index is 14.0. The highest BCUT2D eigenvalue weighted by atomic mass is 79.9. The molecule has 22 heavy (non-hydrogen) atoms. The first kappa shape index (κ1) is 17.2. The zero-order valence-electron chi connectivity index (χ0n) is 13.2. The molecule has 6 nitrogen and oxygen atoms in total. The van der Waals surface area contributed by atoms with Crippen molar-refractivity contribution in [1.29, 1.82) is 0 Å². The summed E-state index contributed by atoms with van der Waals surface area (Å²) in [7, 11) is 1.80. The van der Waals surface area contributed by atoms with Crippen LogP contribution >= 0.6 is 15.9 Å². The summed E-state index contributed by atoms with van der Waals surface area (Å²) >= 11 is 3.39. The highest BCUT2D eigenvalue weighted by Crippen LogP contribution is 2.22. The van der Waals surface area contributed by atoms with Crippen molar-refractivity contribution in [2.75, 3.05) is 13.1 Å². The van der Waals surface area contributed by atoms with Crippen LogP contribution in [0.1, 0.15) is 26.3 Å². The summed E-state index contributed by atoms with van der Waals surface area (Å²) in [6.07, 6.45) is -0.718. The Bertz CT molecular complexity index is 544. The van der Waals surface area contributed by atoms with Gasteiger partial charge < -0.3 is 14.4 Å². The second-order valence-electron chi connectivity index (χ2n) is 6.33. The molecule has 1 fully saturated rings. The molecule has 1 aromatic rings. The van der Waals surface area contributed by atoms with Gasteiger partial charge in [0.15, 0.2) is 0 Å². The van der Waals surface area contributed by atoms with Gasteiger partial charge in [0.25, 0.3) is 0 Å². The van der Waals surface area contributed by atoms with Gasteiger partial charge in [0.05, 0.1) is 25.9 Å². The molecule has 2 rings (SSSR count). The number of amides is 1. The Morgan fingerprint density at radius 3 is 2.73 bits per heavy atom. The number of carbonyl (C=O) groups excluding carboxylic acids is 1. The molecule has 8 heteroatoms. The molecule has 0 radical (unpaired) electrons. The smallest absolute Gasteiger partial charge is 0.410 e. The summed E-state index contributed by atoms with van der Waals surface area (Å²) in [6, 6.07) is 0. The van der Waals surface area contributed by atoms with Gasteiger partial charge in [-0.15, -0.1) is 0 Å². The Kier molecular flexibility index (Phi) is 5.11. The lowest BCUT2D eigenvalue weighted by molar-refractivity contribution is 0.00649. The van der Waals surface area contributed by atoms with Gasteiger partial charge in [0.2, 0.25) is 0 Å². The fourth-order valence-corrected chi connectivity index (χ4v) is 2.44. The van der Waals surface area contributed by atoms with Crippen molar-refractivity contribution in [3.05, 3.63) is 16.4 Å². The van der Waals surface area contributed by atoms with Crippen LogP contribution < -0.4 is 0 Å². The minimum Gasteiger partial charge on any atom is -0.444 e. The molecule has 1 saturated heterocycles. The number of hydrogen-bond acceptors (Lipinski definition) is 4. The maximum Gasteiger partial charge on any atom is 0.410 e. The summed E-state index contributed by atoms with van der Waals surface area (Å²) in [5.41, 5.74) is 0.244. The Hall–Kier alpha value is -1.15. The topological polar surface area (TPSA) is 56.6 Å². The average Bonchev–Trinajstić information content (AvgIpc) is 2.91. The number of nitrogens with zero attached hydrogens (tertiary/aromatic N) is 3. The van der Waals surface area contributed by atoms with Crippen molar-refractivity contribution in [3.63, 3.8) is 0 Å². The van der Waals surface area contributed by atoms with Gasteiger partial charge in [-0.05, 0) is 36.7 Å². The number of rotatable bonds is 3. The van der Waals surface area contributed by atoms with Crippen molar-refractivity contribution in [3.8, 4) is 0 Å². The first-order valence-corrected chi connectivity index (χ1v) is 7.86. The minimum atomic E-state index is -1.22. The van der Waals surface area contributed by atoms with E-state index in [4.69, 9.17) is 9.47 Å². The van der Waals surface area contributed by atoms with Gasteiger partial charge in [0, 0.05) is 12.6 Å². The molecule has 124 valence electrons. The maximum atomic E-state index is 14.0. The third-order valence-electron chi connectivity index (χ3n) is 3.24. The number of alkyl halides is 1. The van der Waals surface area contributed by atoms with E-state index in [-0.39, 0.29) is 19.7 Å². The van der Waals surface area contributed by atoms with Crippen LogP contribution in [0.5, 0.6) is 0 Å². The van der Waals surface area contributed by atoms with Gasteiger partial charge in [-0.1, -0.05) is 0 Å². The van der Waals surface area contributed by atoms with Crippen LogP contribution in [0.25, 0.3) is 0 Å². The van der Waals surface area contributed by atoms with E-state index in [0.717, 1.165) is 10.2 Å². The van der Waals surface area contributed by atoms with Crippen molar-refractivity contribution in [2.45, 2.75) is 45.3 Å². The SMILES string of the molecule is Cn1ncc(CO[C@@H]2CN(C(=O)OC(C)(C)C)C[C@@H]2F)c1Br. The van der Waals surface area contributed by atoms with E-state index >= 15 is 0 Å². The fraction of sp³-hybridized carbons (Fsp3) is 0.714. The number of aryl methyl sites for hydroxylation is 1. The predicted molar refractivity (Wildman–Crippen MR) is 82.2 cm³/mol. The highest BCUT2D eigenvalue weighted by molar-refractivity contribution is 9.10. The van der Waals surface area contributed by atoms with Crippen LogP contribution in [0.3, 0.4) is 0 Å². The molecule has 1 aromatic heterocycles. The zero-order chi connectivity index (χ0) is 16.5. The number of halogens is 2. The lowest BCUT2D eigenvalue weighted by atomic mass is 10.2. The third kappa shape index (κ3) is 4.19. The molecule has 0 unspecified atom stereocenters. The molecule has 0 N–H and O–H groups in total. The first-order valence-electron chi connectivity index (χ1n) is 7.07. The number of likely N-dealkylation sites (tertiary alicyclic amines) is 1.